The Kier molecular flexibility index (Phi) is 3.39. The lowest BCUT2D eigenvalue weighted by atomic mass is 10.2. The fourth-order valence-corrected chi connectivity index (χ4v) is 1.93. The van der Waals surface area contributed by atoms with Crippen LogP contribution in [-0.4, -0.2) is 21.7 Å². The van der Waals surface area contributed by atoms with Gasteiger partial charge in [0, 0.05) is 11.8 Å². The molecule has 2 heterocycles. The molecule has 0 aliphatic heterocycles. The Hall–Kier alpha value is -3.07. The van der Waals surface area contributed by atoms with Gasteiger partial charge in [-0.05, 0) is 25.1 Å². The van der Waals surface area contributed by atoms with Gasteiger partial charge in [0.2, 0.25) is 5.82 Å². The van der Waals surface area contributed by atoms with Gasteiger partial charge in [0.15, 0.2) is 0 Å². The fraction of sp³-hybridized carbons (Fsp3) is 0.133. The number of aromatic nitrogens is 3. The molecule has 1 N–H and O–H groups in total. The molecule has 0 saturated heterocycles. The molecule has 0 amide bonds. The standard InChI is InChI=1S/C15H12N4O2/c1-2-20-13-5-3-4-10(7-13)14-18-15(21-19-14)11-6-12(8-16)17-9-11/h3-7,9,17H,2H2,1H3. The van der Waals surface area contributed by atoms with Crippen LogP contribution < -0.4 is 4.74 Å². The predicted molar refractivity (Wildman–Crippen MR) is 75.4 cm³/mol. The predicted octanol–water partition coefficient (Wildman–Crippen LogP) is 3.00. The Morgan fingerprint density at radius 3 is 3.00 bits per heavy atom. The van der Waals surface area contributed by atoms with E-state index in [1.807, 2.05) is 37.3 Å². The van der Waals surface area contributed by atoms with Gasteiger partial charge in [0.1, 0.15) is 17.5 Å². The molecule has 0 bridgehead atoms. The number of H-pyrrole nitrogens is 1. The highest BCUT2D eigenvalue weighted by Gasteiger charge is 2.12. The van der Waals surface area contributed by atoms with Crippen molar-refractivity contribution in [2.45, 2.75) is 6.92 Å². The van der Waals surface area contributed by atoms with Crippen LogP contribution in [0.4, 0.5) is 0 Å². The molecule has 1 aromatic carbocycles. The first-order valence-corrected chi connectivity index (χ1v) is 6.46. The lowest BCUT2D eigenvalue weighted by Crippen LogP contribution is -1.91. The maximum Gasteiger partial charge on any atom is 0.259 e. The number of aromatic amines is 1. The van der Waals surface area contributed by atoms with Crippen LogP contribution in [0.15, 0.2) is 41.1 Å². The van der Waals surface area contributed by atoms with Gasteiger partial charge in [-0.3, -0.25) is 0 Å². The van der Waals surface area contributed by atoms with Gasteiger partial charge >= 0.3 is 0 Å². The van der Waals surface area contributed by atoms with E-state index in [1.54, 1.807) is 12.3 Å². The molecule has 0 aliphatic rings. The molecule has 0 radical (unpaired) electrons. The number of hydrogen-bond acceptors (Lipinski definition) is 5. The number of nitriles is 1. The van der Waals surface area contributed by atoms with Crippen LogP contribution in [0.3, 0.4) is 0 Å². The first-order chi connectivity index (χ1) is 10.3. The number of hydrogen-bond donors (Lipinski definition) is 1. The Morgan fingerprint density at radius 2 is 2.24 bits per heavy atom. The molecule has 0 atom stereocenters. The number of ether oxygens (including phenoxy) is 1. The molecule has 3 rings (SSSR count). The summed E-state index contributed by atoms with van der Waals surface area (Å²) < 4.78 is 10.7. The third-order valence-electron chi connectivity index (χ3n) is 2.88. The average molecular weight is 280 g/mol. The Labute approximate surface area is 121 Å². The van der Waals surface area contributed by atoms with Crippen molar-refractivity contribution in [3.8, 4) is 34.7 Å². The largest absolute Gasteiger partial charge is 0.494 e. The van der Waals surface area contributed by atoms with Gasteiger partial charge in [-0.15, -0.1) is 0 Å². The summed E-state index contributed by atoms with van der Waals surface area (Å²) in [6.45, 7) is 2.53. The van der Waals surface area contributed by atoms with Crippen molar-refractivity contribution >= 4 is 0 Å². The third kappa shape index (κ3) is 2.62. The molecule has 21 heavy (non-hydrogen) atoms. The molecule has 0 fully saturated rings. The normalized spacial score (nSPS) is 10.3. The fourth-order valence-electron chi connectivity index (χ4n) is 1.93. The van der Waals surface area contributed by atoms with Crippen LogP contribution in [0.2, 0.25) is 0 Å². The van der Waals surface area contributed by atoms with E-state index in [0.717, 1.165) is 11.3 Å². The lowest BCUT2D eigenvalue weighted by Gasteiger charge is -2.02. The second-order valence-electron chi connectivity index (χ2n) is 4.30. The van der Waals surface area contributed by atoms with E-state index in [1.165, 1.54) is 0 Å². The second-order valence-corrected chi connectivity index (χ2v) is 4.30. The summed E-state index contributed by atoms with van der Waals surface area (Å²) in [5.41, 5.74) is 1.95. The summed E-state index contributed by atoms with van der Waals surface area (Å²) in [5.74, 6) is 1.60. The SMILES string of the molecule is CCOc1cccc(-c2noc(-c3c[nH]c(C#N)c3)n2)c1. The molecule has 104 valence electrons. The number of rotatable bonds is 4. The molecule has 6 nitrogen and oxygen atoms in total. The van der Waals surface area contributed by atoms with Gasteiger partial charge in [-0.2, -0.15) is 10.2 Å². The summed E-state index contributed by atoms with van der Waals surface area (Å²) in [4.78, 5) is 7.16. The molecular weight excluding hydrogens is 268 g/mol. The lowest BCUT2D eigenvalue weighted by molar-refractivity contribution is 0.340. The highest BCUT2D eigenvalue weighted by atomic mass is 16.5. The summed E-state index contributed by atoms with van der Waals surface area (Å²) >= 11 is 0. The van der Waals surface area contributed by atoms with Crippen molar-refractivity contribution in [1.82, 2.24) is 15.1 Å². The van der Waals surface area contributed by atoms with E-state index < -0.39 is 0 Å². The Balaban J connectivity index is 1.91. The van der Waals surface area contributed by atoms with Crippen LogP contribution >= 0.6 is 0 Å². The highest BCUT2D eigenvalue weighted by molar-refractivity contribution is 5.61. The molecular formula is C15H12N4O2. The monoisotopic (exact) mass is 280 g/mol. The maximum atomic E-state index is 8.80. The molecule has 0 spiro atoms. The smallest absolute Gasteiger partial charge is 0.259 e. The number of nitrogens with one attached hydrogen (secondary N) is 1. The average Bonchev–Trinajstić information content (AvgIpc) is 3.17. The zero-order chi connectivity index (χ0) is 14.7. The van der Waals surface area contributed by atoms with E-state index in [0.29, 0.717) is 29.6 Å². The van der Waals surface area contributed by atoms with E-state index >= 15 is 0 Å². The van der Waals surface area contributed by atoms with E-state index in [2.05, 4.69) is 15.1 Å². The molecule has 0 unspecified atom stereocenters. The Bertz CT molecular complexity index is 798. The minimum Gasteiger partial charge on any atom is -0.494 e. The quantitative estimate of drug-likeness (QED) is 0.793. The van der Waals surface area contributed by atoms with Gasteiger partial charge in [0.25, 0.3) is 5.89 Å². The van der Waals surface area contributed by atoms with Crippen LogP contribution in [0.1, 0.15) is 12.6 Å². The highest BCUT2D eigenvalue weighted by Crippen LogP contribution is 2.25. The van der Waals surface area contributed by atoms with Crippen molar-refractivity contribution < 1.29 is 9.26 Å². The van der Waals surface area contributed by atoms with Crippen molar-refractivity contribution in [2.75, 3.05) is 6.61 Å². The van der Waals surface area contributed by atoms with Gasteiger partial charge in [0.05, 0.1) is 12.2 Å². The third-order valence-corrected chi connectivity index (χ3v) is 2.88. The second kappa shape index (κ2) is 5.51. The molecule has 0 aliphatic carbocycles. The van der Waals surface area contributed by atoms with Crippen LogP contribution in [0.5, 0.6) is 5.75 Å². The minimum atomic E-state index is 0.365. The van der Waals surface area contributed by atoms with Gasteiger partial charge in [-0.25, -0.2) is 0 Å². The molecule has 3 aromatic rings. The van der Waals surface area contributed by atoms with Crippen molar-refractivity contribution in [1.29, 1.82) is 5.26 Å². The minimum absolute atomic E-state index is 0.365. The zero-order valence-corrected chi connectivity index (χ0v) is 11.3. The summed E-state index contributed by atoms with van der Waals surface area (Å²) in [7, 11) is 0. The van der Waals surface area contributed by atoms with Gasteiger partial charge in [-0.1, -0.05) is 17.3 Å². The van der Waals surface area contributed by atoms with Crippen molar-refractivity contribution in [3.63, 3.8) is 0 Å². The molecule has 2 aromatic heterocycles. The Morgan fingerprint density at radius 1 is 1.33 bits per heavy atom. The van der Waals surface area contributed by atoms with E-state index in [4.69, 9.17) is 14.5 Å². The summed E-state index contributed by atoms with van der Waals surface area (Å²) in [5, 5.41) is 12.8. The first-order valence-electron chi connectivity index (χ1n) is 6.46. The van der Waals surface area contributed by atoms with Crippen LogP contribution in [0.25, 0.3) is 22.8 Å². The van der Waals surface area contributed by atoms with E-state index in [-0.39, 0.29) is 0 Å². The van der Waals surface area contributed by atoms with E-state index in [9.17, 15) is 0 Å². The first kappa shape index (κ1) is 12.9. The molecule has 6 heteroatoms. The van der Waals surface area contributed by atoms with Gasteiger partial charge < -0.3 is 14.2 Å². The summed E-state index contributed by atoms with van der Waals surface area (Å²) in [6, 6.07) is 11.2. The van der Waals surface area contributed by atoms with Crippen molar-refractivity contribution in [3.05, 3.63) is 42.2 Å². The summed E-state index contributed by atoms with van der Waals surface area (Å²) in [6.07, 6.45) is 1.66. The number of benzene rings is 1. The topological polar surface area (TPSA) is 87.7 Å². The molecule has 0 saturated carbocycles. The maximum absolute atomic E-state index is 8.80. The zero-order valence-electron chi connectivity index (χ0n) is 11.3. The number of nitrogens with zero attached hydrogens (tertiary/aromatic N) is 3. The van der Waals surface area contributed by atoms with Crippen molar-refractivity contribution in [2.24, 2.45) is 0 Å². The van der Waals surface area contributed by atoms with Crippen LogP contribution in [-0.2, 0) is 0 Å². The van der Waals surface area contributed by atoms with Crippen LogP contribution in [0, 0.1) is 11.3 Å².